The molecule has 0 bridgehead atoms. The average molecular weight is 280 g/mol. The lowest BCUT2D eigenvalue weighted by Gasteiger charge is -2.29. The van der Waals surface area contributed by atoms with Crippen molar-refractivity contribution < 1.29 is 9.84 Å². The summed E-state index contributed by atoms with van der Waals surface area (Å²) in [6.07, 6.45) is 3.94. The second-order valence-corrected chi connectivity index (χ2v) is 5.50. The van der Waals surface area contributed by atoms with Crippen molar-refractivity contribution in [1.29, 1.82) is 0 Å². The monoisotopic (exact) mass is 280 g/mol. The Balaban J connectivity index is 2.15. The Kier molecular flexibility index (Phi) is 4.77. The molecule has 20 heavy (non-hydrogen) atoms. The zero-order chi connectivity index (χ0) is 14.6. The van der Waals surface area contributed by atoms with Gasteiger partial charge in [0, 0.05) is 33.8 Å². The van der Waals surface area contributed by atoms with E-state index in [9.17, 15) is 5.11 Å². The first-order chi connectivity index (χ1) is 9.56. The predicted octanol–water partition coefficient (Wildman–Crippen LogP) is 1.41. The summed E-state index contributed by atoms with van der Waals surface area (Å²) in [6.45, 7) is 0.972. The summed E-state index contributed by atoms with van der Waals surface area (Å²) in [5, 5.41) is 13.5. The van der Waals surface area contributed by atoms with Crippen molar-refractivity contribution in [3.8, 4) is 0 Å². The van der Waals surface area contributed by atoms with E-state index in [0.717, 1.165) is 37.3 Å². The first-order valence-corrected chi connectivity index (χ1v) is 7.04. The van der Waals surface area contributed by atoms with E-state index >= 15 is 0 Å². The van der Waals surface area contributed by atoms with Crippen LogP contribution in [0.4, 0.5) is 11.6 Å². The minimum Gasteiger partial charge on any atom is -0.388 e. The molecule has 0 unspecified atom stereocenters. The maximum atomic E-state index is 10.5. The molecule has 1 aliphatic rings. The Labute approximate surface area is 120 Å². The van der Waals surface area contributed by atoms with E-state index in [1.54, 1.807) is 7.11 Å². The molecule has 2 rings (SSSR count). The van der Waals surface area contributed by atoms with Gasteiger partial charge in [0.1, 0.15) is 18.2 Å². The highest BCUT2D eigenvalue weighted by molar-refractivity contribution is 5.49. The molecule has 1 saturated carbocycles. The molecule has 1 aliphatic carbocycles. The van der Waals surface area contributed by atoms with Gasteiger partial charge in [0.25, 0.3) is 0 Å². The van der Waals surface area contributed by atoms with Crippen LogP contribution < -0.4 is 10.2 Å². The molecule has 112 valence electrons. The highest BCUT2D eigenvalue weighted by Gasteiger charge is 2.32. The summed E-state index contributed by atoms with van der Waals surface area (Å²) in [5.41, 5.74) is -0.582. The second-order valence-electron chi connectivity index (χ2n) is 5.50. The Morgan fingerprint density at radius 1 is 1.40 bits per heavy atom. The van der Waals surface area contributed by atoms with Crippen molar-refractivity contribution in [2.24, 2.45) is 0 Å². The smallest absolute Gasteiger partial charge is 0.158 e. The number of aromatic nitrogens is 2. The SMILES string of the molecule is CNc1cc(N(C)CC2(O)CCCC2)nc(COC)n1. The van der Waals surface area contributed by atoms with E-state index in [1.807, 2.05) is 25.1 Å². The molecular formula is C14H24N4O2. The Bertz CT molecular complexity index is 447. The molecule has 2 N–H and O–H groups in total. The molecule has 0 aliphatic heterocycles. The first-order valence-electron chi connectivity index (χ1n) is 7.04. The van der Waals surface area contributed by atoms with Gasteiger partial charge in [-0.3, -0.25) is 0 Å². The van der Waals surface area contributed by atoms with E-state index < -0.39 is 5.60 Å². The van der Waals surface area contributed by atoms with E-state index in [0.29, 0.717) is 19.0 Å². The topological polar surface area (TPSA) is 70.5 Å². The highest BCUT2D eigenvalue weighted by atomic mass is 16.5. The standard InChI is InChI=1S/C14H24N4O2/c1-15-11-8-13(17-12(16-11)9-20-3)18(2)10-14(19)6-4-5-7-14/h8,19H,4-7,9-10H2,1-3H3,(H,15,16,17). The number of anilines is 2. The third-order valence-electron chi connectivity index (χ3n) is 3.75. The van der Waals surface area contributed by atoms with Crippen molar-refractivity contribution in [2.45, 2.75) is 37.9 Å². The zero-order valence-electron chi connectivity index (χ0n) is 12.5. The maximum Gasteiger partial charge on any atom is 0.158 e. The quantitative estimate of drug-likeness (QED) is 0.821. The highest BCUT2D eigenvalue weighted by Crippen LogP contribution is 2.31. The number of hydrogen-bond acceptors (Lipinski definition) is 6. The number of methoxy groups -OCH3 is 1. The lowest BCUT2D eigenvalue weighted by molar-refractivity contribution is 0.0557. The summed E-state index contributed by atoms with van der Waals surface area (Å²) < 4.78 is 5.09. The van der Waals surface area contributed by atoms with Crippen LogP contribution in [-0.4, -0.2) is 48.4 Å². The normalized spacial score (nSPS) is 17.2. The number of nitrogens with one attached hydrogen (secondary N) is 1. The molecule has 0 aromatic carbocycles. The summed E-state index contributed by atoms with van der Waals surface area (Å²) in [5.74, 6) is 2.20. The lowest BCUT2D eigenvalue weighted by atomic mass is 10.0. The molecule has 0 spiro atoms. The molecule has 1 aromatic heterocycles. The maximum absolute atomic E-state index is 10.5. The van der Waals surface area contributed by atoms with Gasteiger partial charge in [-0.2, -0.15) is 0 Å². The van der Waals surface area contributed by atoms with Gasteiger partial charge in [-0.15, -0.1) is 0 Å². The van der Waals surface area contributed by atoms with Gasteiger partial charge in [-0.25, -0.2) is 9.97 Å². The van der Waals surface area contributed by atoms with Crippen LogP contribution >= 0.6 is 0 Å². The summed E-state index contributed by atoms with van der Waals surface area (Å²) >= 11 is 0. The largest absolute Gasteiger partial charge is 0.388 e. The van der Waals surface area contributed by atoms with Crippen LogP contribution in [0.25, 0.3) is 0 Å². The number of ether oxygens (including phenoxy) is 1. The predicted molar refractivity (Wildman–Crippen MR) is 79.0 cm³/mol. The van der Waals surface area contributed by atoms with Crippen molar-refractivity contribution in [3.63, 3.8) is 0 Å². The number of aliphatic hydroxyl groups is 1. The summed E-state index contributed by atoms with van der Waals surface area (Å²) in [7, 11) is 5.40. The van der Waals surface area contributed by atoms with E-state index in [4.69, 9.17) is 4.74 Å². The minimum atomic E-state index is -0.582. The minimum absolute atomic E-state index is 0.376. The van der Waals surface area contributed by atoms with Gasteiger partial charge in [-0.05, 0) is 12.8 Å². The van der Waals surface area contributed by atoms with Gasteiger partial charge in [0.15, 0.2) is 5.82 Å². The Morgan fingerprint density at radius 2 is 2.10 bits per heavy atom. The first kappa shape index (κ1) is 15.0. The molecule has 1 aromatic rings. The van der Waals surface area contributed by atoms with Crippen LogP contribution in [-0.2, 0) is 11.3 Å². The van der Waals surface area contributed by atoms with Crippen LogP contribution in [0.15, 0.2) is 6.07 Å². The molecule has 0 saturated heterocycles. The van der Waals surface area contributed by atoms with Crippen LogP contribution in [0.1, 0.15) is 31.5 Å². The van der Waals surface area contributed by atoms with E-state index in [1.165, 1.54) is 0 Å². The van der Waals surface area contributed by atoms with Crippen molar-refractivity contribution in [3.05, 3.63) is 11.9 Å². The molecule has 6 heteroatoms. The van der Waals surface area contributed by atoms with Gasteiger partial charge >= 0.3 is 0 Å². The molecule has 0 radical (unpaired) electrons. The number of rotatable bonds is 6. The summed E-state index contributed by atoms with van der Waals surface area (Å²) in [6, 6.07) is 1.89. The van der Waals surface area contributed by atoms with E-state index in [-0.39, 0.29) is 0 Å². The van der Waals surface area contributed by atoms with Crippen molar-refractivity contribution in [2.75, 3.05) is 38.0 Å². The number of hydrogen-bond donors (Lipinski definition) is 2. The van der Waals surface area contributed by atoms with Crippen LogP contribution in [0.3, 0.4) is 0 Å². The van der Waals surface area contributed by atoms with Gasteiger partial charge in [0.05, 0.1) is 5.60 Å². The van der Waals surface area contributed by atoms with Gasteiger partial charge < -0.3 is 20.1 Å². The fourth-order valence-corrected chi connectivity index (χ4v) is 2.71. The Hall–Kier alpha value is -1.40. The van der Waals surface area contributed by atoms with Crippen molar-refractivity contribution in [1.82, 2.24) is 9.97 Å². The second kappa shape index (κ2) is 6.37. The molecule has 1 fully saturated rings. The van der Waals surface area contributed by atoms with Crippen LogP contribution in [0.5, 0.6) is 0 Å². The average Bonchev–Trinajstić information content (AvgIpc) is 2.85. The molecule has 6 nitrogen and oxygen atoms in total. The third-order valence-corrected chi connectivity index (χ3v) is 3.75. The molecule has 1 heterocycles. The lowest BCUT2D eigenvalue weighted by Crippen LogP contribution is -2.39. The number of nitrogens with zero attached hydrogens (tertiary/aromatic N) is 3. The summed E-state index contributed by atoms with van der Waals surface area (Å²) in [4.78, 5) is 10.8. The fraction of sp³-hybridized carbons (Fsp3) is 0.714. The molecular weight excluding hydrogens is 256 g/mol. The van der Waals surface area contributed by atoms with E-state index in [2.05, 4.69) is 15.3 Å². The zero-order valence-corrected chi connectivity index (χ0v) is 12.5. The third kappa shape index (κ3) is 3.58. The van der Waals surface area contributed by atoms with Crippen LogP contribution in [0.2, 0.25) is 0 Å². The van der Waals surface area contributed by atoms with Gasteiger partial charge in [-0.1, -0.05) is 12.8 Å². The van der Waals surface area contributed by atoms with Crippen molar-refractivity contribution >= 4 is 11.6 Å². The van der Waals surface area contributed by atoms with Gasteiger partial charge in [0.2, 0.25) is 0 Å². The van der Waals surface area contributed by atoms with Crippen LogP contribution in [0, 0.1) is 0 Å². The fourth-order valence-electron chi connectivity index (χ4n) is 2.71. The molecule has 0 atom stereocenters. The molecule has 0 amide bonds. The number of likely N-dealkylation sites (N-methyl/N-ethyl adjacent to an activating group) is 1. The Morgan fingerprint density at radius 3 is 2.70 bits per heavy atom.